The molecule has 0 aromatic heterocycles. The van der Waals surface area contributed by atoms with E-state index in [1.54, 1.807) is 0 Å². The topological polar surface area (TPSA) is 84.7 Å². The Hall–Kier alpha value is -1.45. The van der Waals surface area contributed by atoms with Crippen molar-refractivity contribution in [3.05, 3.63) is 18.2 Å². The maximum atomic E-state index is 12.0. The van der Waals surface area contributed by atoms with E-state index >= 15 is 0 Å². The number of nitrogens with one attached hydrogen (secondary N) is 1. The minimum Gasteiger partial charge on any atom is -0.397 e. The molecular formula is C12H19F2N3O3S. The van der Waals surface area contributed by atoms with Crippen molar-refractivity contribution < 1.29 is 21.9 Å². The van der Waals surface area contributed by atoms with Crippen molar-refractivity contribution in [2.75, 3.05) is 44.9 Å². The monoisotopic (exact) mass is 323 g/mol. The smallest absolute Gasteiger partial charge is 0.261 e. The zero-order valence-corrected chi connectivity index (χ0v) is 12.7. The van der Waals surface area contributed by atoms with Gasteiger partial charge in [0.15, 0.2) is 0 Å². The summed E-state index contributed by atoms with van der Waals surface area (Å²) < 4.78 is 53.5. The third-order valence-corrected chi connectivity index (χ3v) is 4.42. The number of nitrogens with zero attached hydrogens (tertiary/aromatic N) is 1. The predicted octanol–water partition coefficient (Wildman–Crippen LogP) is 1.21. The first-order valence-corrected chi connectivity index (χ1v) is 7.61. The van der Waals surface area contributed by atoms with Crippen LogP contribution in [0.15, 0.2) is 23.1 Å². The quantitative estimate of drug-likeness (QED) is 0.555. The Balaban J connectivity index is 2.71. The van der Waals surface area contributed by atoms with Gasteiger partial charge in [-0.15, -0.1) is 0 Å². The summed E-state index contributed by atoms with van der Waals surface area (Å²) in [6.07, 6.45) is -2.51. The molecule has 0 unspecified atom stereocenters. The van der Waals surface area contributed by atoms with E-state index in [4.69, 9.17) is 10.5 Å². The minimum atomic E-state index is -3.56. The Bertz CT molecular complexity index is 565. The van der Waals surface area contributed by atoms with Gasteiger partial charge in [-0.3, -0.25) is 0 Å². The van der Waals surface area contributed by atoms with Gasteiger partial charge in [-0.2, -0.15) is 0 Å². The number of rotatable bonds is 8. The van der Waals surface area contributed by atoms with E-state index in [-0.39, 0.29) is 18.0 Å². The predicted molar refractivity (Wildman–Crippen MR) is 77.0 cm³/mol. The van der Waals surface area contributed by atoms with Crippen molar-refractivity contribution in [2.24, 2.45) is 0 Å². The molecule has 1 aromatic carbocycles. The van der Waals surface area contributed by atoms with Gasteiger partial charge in [0.1, 0.15) is 6.61 Å². The maximum Gasteiger partial charge on any atom is 0.261 e. The van der Waals surface area contributed by atoms with Crippen molar-refractivity contribution >= 4 is 21.4 Å². The molecule has 0 saturated carbocycles. The summed E-state index contributed by atoms with van der Waals surface area (Å²) in [5, 5.41) is 2.86. The van der Waals surface area contributed by atoms with Crippen LogP contribution in [0.4, 0.5) is 20.2 Å². The van der Waals surface area contributed by atoms with Gasteiger partial charge < -0.3 is 15.8 Å². The third kappa shape index (κ3) is 5.10. The first-order valence-electron chi connectivity index (χ1n) is 6.17. The van der Waals surface area contributed by atoms with Crippen LogP contribution in [-0.4, -0.2) is 53.0 Å². The first-order chi connectivity index (χ1) is 9.75. The van der Waals surface area contributed by atoms with Crippen LogP contribution in [0.3, 0.4) is 0 Å². The molecule has 0 bridgehead atoms. The second-order valence-corrected chi connectivity index (χ2v) is 6.58. The summed E-state index contributed by atoms with van der Waals surface area (Å²) in [4.78, 5) is 0.0951. The Labute approximate surface area is 122 Å². The Morgan fingerprint density at radius 2 is 2.05 bits per heavy atom. The zero-order valence-electron chi connectivity index (χ0n) is 11.8. The minimum absolute atomic E-state index is 0.0639. The van der Waals surface area contributed by atoms with Gasteiger partial charge in [0.05, 0.1) is 22.9 Å². The number of halogens is 2. The van der Waals surface area contributed by atoms with E-state index in [0.29, 0.717) is 11.4 Å². The van der Waals surface area contributed by atoms with Crippen LogP contribution >= 0.6 is 0 Å². The fourth-order valence-electron chi connectivity index (χ4n) is 1.49. The SMILES string of the molecule is CN(C)S(=O)(=O)c1ccc(N)c(NCCOCC(F)F)c1. The molecule has 0 atom stereocenters. The molecule has 0 fully saturated rings. The highest BCUT2D eigenvalue weighted by molar-refractivity contribution is 7.89. The molecule has 0 aliphatic heterocycles. The van der Waals surface area contributed by atoms with E-state index in [0.717, 1.165) is 4.31 Å². The molecule has 0 heterocycles. The van der Waals surface area contributed by atoms with Crippen LogP contribution in [0.5, 0.6) is 0 Å². The van der Waals surface area contributed by atoms with Gasteiger partial charge >= 0.3 is 0 Å². The van der Waals surface area contributed by atoms with Gasteiger partial charge in [-0.1, -0.05) is 0 Å². The van der Waals surface area contributed by atoms with Crippen molar-refractivity contribution in [3.8, 4) is 0 Å². The van der Waals surface area contributed by atoms with Crippen molar-refractivity contribution in [3.63, 3.8) is 0 Å². The zero-order chi connectivity index (χ0) is 16.0. The average molecular weight is 323 g/mol. The van der Waals surface area contributed by atoms with Crippen molar-refractivity contribution in [1.29, 1.82) is 0 Å². The van der Waals surface area contributed by atoms with Gasteiger partial charge in [0.2, 0.25) is 10.0 Å². The molecule has 9 heteroatoms. The lowest BCUT2D eigenvalue weighted by molar-refractivity contribution is 0.0215. The molecule has 0 spiro atoms. The van der Waals surface area contributed by atoms with E-state index in [2.05, 4.69) is 5.32 Å². The molecular weight excluding hydrogens is 304 g/mol. The highest BCUT2D eigenvalue weighted by Gasteiger charge is 2.18. The van der Waals surface area contributed by atoms with Crippen molar-refractivity contribution in [2.45, 2.75) is 11.3 Å². The fraction of sp³-hybridized carbons (Fsp3) is 0.500. The third-order valence-electron chi connectivity index (χ3n) is 2.61. The van der Waals surface area contributed by atoms with E-state index in [1.807, 2.05) is 0 Å². The standard InChI is InChI=1S/C12H19F2N3O3S/c1-17(2)21(18,19)9-3-4-10(15)11(7-9)16-5-6-20-8-12(13)14/h3-4,7,12,16H,5-6,8,15H2,1-2H3. The van der Waals surface area contributed by atoms with Crippen LogP contribution in [0.25, 0.3) is 0 Å². The van der Waals surface area contributed by atoms with Gasteiger partial charge in [0, 0.05) is 20.6 Å². The van der Waals surface area contributed by atoms with E-state index in [1.165, 1.54) is 32.3 Å². The Kier molecular flexibility index (Phi) is 6.31. The molecule has 0 aliphatic rings. The molecule has 1 rings (SSSR count). The number of benzene rings is 1. The summed E-state index contributed by atoms with van der Waals surface area (Å²) in [5.74, 6) is 0. The molecule has 0 radical (unpaired) electrons. The molecule has 0 aliphatic carbocycles. The molecule has 21 heavy (non-hydrogen) atoms. The van der Waals surface area contributed by atoms with Crippen LogP contribution in [0.2, 0.25) is 0 Å². The molecule has 6 nitrogen and oxygen atoms in total. The fourth-order valence-corrected chi connectivity index (χ4v) is 2.42. The van der Waals surface area contributed by atoms with Crippen LogP contribution in [0.1, 0.15) is 0 Å². The van der Waals surface area contributed by atoms with Gasteiger partial charge in [-0.25, -0.2) is 21.5 Å². The molecule has 120 valence electrons. The number of hydrogen-bond donors (Lipinski definition) is 2. The second kappa shape index (κ2) is 7.53. The molecule has 0 amide bonds. The summed E-state index contributed by atoms with van der Waals surface area (Å²) >= 11 is 0. The summed E-state index contributed by atoms with van der Waals surface area (Å²) in [6, 6.07) is 4.28. The number of nitrogens with two attached hydrogens (primary N) is 1. The highest BCUT2D eigenvalue weighted by atomic mass is 32.2. The first kappa shape index (κ1) is 17.6. The van der Waals surface area contributed by atoms with Crippen LogP contribution < -0.4 is 11.1 Å². The van der Waals surface area contributed by atoms with Crippen LogP contribution in [0, 0.1) is 0 Å². The lowest BCUT2D eigenvalue weighted by Crippen LogP contribution is -2.22. The number of alkyl halides is 2. The van der Waals surface area contributed by atoms with Crippen LogP contribution in [-0.2, 0) is 14.8 Å². The molecule has 0 saturated heterocycles. The highest BCUT2D eigenvalue weighted by Crippen LogP contribution is 2.24. The summed E-state index contributed by atoms with van der Waals surface area (Å²) in [5.41, 5.74) is 6.52. The lowest BCUT2D eigenvalue weighted by atomic mass is 10.2. The van der Waals surface area contributed by atoms with E-state index < -0.39 is 23.1 Å². The largest absolute Gasteiger partial charge is 0.397 e. The number of hydrogen-bond acceptors (Lipinski definition) is 5. The average Bonchev–Trinajstić information content (AvgIpc) is 2.39. The summed E-state index contributed by atoms with van der Waals surface area (Å²) in [6.45, 7) is -0.330. The normalized spacial score (nSPS) is 12.1. The van der Waals surface area contributed by atoms with E-state index in [9.17, 15) is 17.2 Å². The lowest BCUT2D eigenvalue weighted by Gasteiger charge is -2.14. The number of anilines is 2. The summed E-state index contributed by atoms with van der Waals surface area (Å²) in [7, 11) is -0.700. The number of nitrogen functional groups attached to an aromatic ring is 1. The van der Waals surface area contributed by atoms with Crippen molar-refractivity contribution in [1.82, 2.24) is 4.31 Å². The number of sulfonamides is 1. The maximum absolute atomic E-state index is 12.0. The molecule has 3 N–H and O–H groups in total. The van der Waals surface area contributed by atoms with Gasteiger partial charge in [0.25, 0.3) is 6.43 Å². The Morgan fingerprint density at radius 3 is 2.62 bits per heavy atom. The Morgan fingerprint density at radius 1 is 1.38 bits per heavy atom. The number of ether oxygens (including phenoxy) is 1. The molecule has 1 aromatic rings. The second-order valence-electron chi connectivity index (χ2n) is 4.43. The van der Waals surface area contributed by atoms with Gasteiger partial charge in [-0.05, 0) is 18.2 Å².